The fourth-order valence-electron chi connectivity index (χ4n) is 3.59. The van der Waals surface area contributed by atoms with Gasteiger partial charge < -0.3 is 20.1 Å². The summed E-state index contributed by atoms with van der Waals surface area (Å²) in [5.74, 6) is -0.766. The molecule has 0 aliphatic carbocycles. The number of nitrogens with one attached hydrogen (secondary N) is 2. The zero-order chi connectivity index (χ0) is 24.5. The molecule has 0 saturated carbocycles. The molecule has 0 spiro atoms. The van der Waals surface area contributed by atoms with Crippen molar-refractivity contribution in [3.05, 3.63) is 62.5 Å². The molecule has 1 atom stereocenters. The molecule has 1 aliphatic heterocycles. The van der Waals surface area contributed by atoms with E-state index >= 15 is 0 Å². The highest BCUT2D eigenvalue weighted by Gasteiger charge is 2.39. The number of hydrogen-bond acceptors (Lipinski definition) is 9. The van der Waals surface area contributed by atoms with E-state index in [1.807, 2.05) is 0 Å². The van der Waals surface area contributed by atoms with Crippen LogP contribution in [0, 0.1) is 10.1 Å². The van der Waals surface area contributed by atoms with Crippen LogP contribution in [0.2, 0.25) is 0 Å². The summed E-state index contributed by atoms with van der Waals surface area (Å²) in [6.45, 7) is 8.52. The van der Waals surface area contributed by atoms with Crippen molar-refractivity contribution in [3.63, 3.8) is 0 Å². The number of thioether (sulfide) groups is 1. The van der Waals surface area contributed by atoms with Crippen molar-refractivity contribution in [2.75, 3.05) is 31.8 Å². The molecule has 10 heteroatoms. The quantitative estimate of drug-likeness (QED) is 0.214. The first kappa shape index (κ1) is 26.4. The molecule has 0 saturated heterocycles. The number of allylic oxidation sites excluding steroid dienone is 1. The van der Waals surface area contributed by atoms with E-state index in [0.717, 1.165) is 12.3 Å². The van der Waals surface area contributed by atoms with Gasteiger partial charge in [0, 0.05) is 47.6 Å². The van der Waals surface area contributed by atoms with E-state index < -0.39 is 22.8 Å². The minimum atomic E-state index is -0.859. The fraction of sp³-hybridized carbons (Fsp3) is 0.478. The average Bonchev–Trinajstić information content (AvgIpc) is 2.77. The van der Waals surface area contributed by atoms with Gasteiger partial charge in [0.15, 0.2) is 0 Å². The highest BCUT2D eigenvalue weighted by atomic mass is 32.2. The summed E-state index contributed by atoms with van der Waals surface area (Å²) in [4.78, 5) is 36.7. The van der Waals surface area contributed by atoms with Gasteiger partial charge in [-0.1, -0.05) is 26.0 Å². The molecule has 1 aromatic carbocycles. The molecule has 9 nitrogen and oxygen atoms in total. The third-order valence-corrected chi connectivity index (χ3v) is 5.99. The summed E-state index contributed by atoms with van der Waals surface area (Å²) in [7, 11) is 1.26. The number of nitrogens with zero attached hydrogens (tertiary/aromatic N) is 1. The van der Waals surface area contributed by atoms with E-state index in [1.165, 1.54) is 25.3 Å². The zero-order valence-corrected chi connectivity index (χ0v) is 20.4. The van der Waals surface area contributed by atoms with Crippen molar-refractivity contribution in [2.24, 2.45) is 0 Å². The number of nitro benzene ring substituents is 1. The number of methoxy groups -OCH3 is 1. The average molecular weight is 478 g/mol. The molecule has 1 unspecified atom stereocenters. The lowest BCUT2D eigenvalue weighted by Gasteiger charge is -2.31. The Kier molecular flexibility index (Phi) is 9.93. The minimum Gasteiger partial charge on any atom is -0.466 e. The van der Waals surface area contributed by atoms with Crippen LogP contribution in [0.4, 0.5) is 5.69 Å². The molecule has 1 heterocycles. The number of hydrogen-bond donors (Lipinski definition) is 2. The normalized spacial score (nSPS) is 16.0. The van der Waals surface area contributed by atoms with E-state index in [4.69, 9.17) is 9.47 Å². The SMILES string of the molecule is CCOC(=O)C1=C(CSCCNC(C)C)NC(C)=C(C(=O)OC)C1c1cccc([N+](=O)[O-])c1. The van der Waals surface area contributed by atoms with Crippen LogP contribution in [0.25, 0.3) is 0 Å². The van der Waals surface area contributed by atoms with Gasteiger partial charge in [-0.2, -0.15) is 11.8 Å². The molecule has 0 amide bonds. The van der Waals surface area contributed by atoms with Crippen molar-refractivity contribution in [3.8, 4) is 0 Å². The molecule has 1 aromatic rings. The van der Waals surface area contributed by atoms with E-state index in [1.54, 1.807) is 31.7 Å². The second-order valence-corrected chi connectivity index (χ2v) is 8.82. The third-order valence-electron chi connectivity index (χ3n) is 5.01. The maximum atomic E-state index is 13.1. The number of esters is 2. The molecule has 33 heavy (non-hydrogen) atoms. The van der Waals surface area contributed by atoms with Gasteiger partial charge >= 0.3 is 11.9 Å². The second kappa shape index (κ2) is 12.4. The Morgan fingerprint density at radius 2 is 2.00 bits per heavy atom. The van der Waals surface area contributed by atoms with Crippen molar-refractivity contribution < 1.29 is 24.0 Å². The van der Waals surface area contributed by atoms with Crippen molar-refractivity contribution in [1.29, 1.82) is 0 Å². The summed E-state index contributed by atoms with van der Waals surface area (Å²) >= 11 is 1.63. The number of benzene rings is 1. The first-order chi connectivity index (χ1) is 15.7. The smallest absolute Gasteiger partial charge is 0.336 e. The summed E-state index contributed by atoms with van der Waals surface area (Å²) in [6, 6.07) is 6.32. The van der Waals surface area contributed by atoms with Crippen molar-refractivity contribution in [2.45, 2.75) is 39.7 Å². The molecule has 1 aliphatic rings. The van der Waals surface area contributed by atoms with Crippen LogP contribution >= 0.6 is 11.8 Å². The molecule has 0 radical (unpaired) electrons. The third kappa shape index (κ3) is 6.82. The summed E-state index contributed by atoms with van der Waals surface area (Å²) in [5.41, 5.74) is 1.93. The Labute approximate surface area is 198 Å². The van der Waals surface area contributed by atoms with Gasteiger partial charge in [0.25, 0.3) is 5.69 Å². The molecule has 180 valence electrons. The minimum absolute atomic E-state index is 0.133. The number of nitro groups is 1. The van der Waals surface area contributed by atoms with Gasteiger partial charge in [0.2, 0.25) is 0 Å². The lowest BCUT2D eigenvalue weighted by atomic mass is 9.80. The maximum absolute atomic E-state index is 13.1. The Balaban J connectivity index is 2.56. The molecule has 0 fully saturated rings. The molecule has 2 N–H and O–H groups in total. The first-order valence-corrected chi connectivity index (χ1v) is 11.9. The van der Waals surface area contributed by atoms with Crippen molar-refractivity contribution in [1.82, 2.24) is 10.6 Å². The standard InChI is InChI=1S/C23H31N3O6S/c1-6-32-23(28)21-18(13-33-11-10-24-14(2)3)25-15(4)19(22(27)31-5)20(21)16-8-7-9-17(12-16)26(29)30/h7-9,12,14,20,24-25H,6,10-11,13H2,1-5H3. The Morgan fingerprint density at radius 1 is 1.27 bits per heavy atom. The van der Waals surface area contributed by atoms with Crippen LogP contribution in [0.5, 0.6) is 0 Å². The summed E-state index contributed by atoms with van der Waals surface area (Å²) in [6.07, 6.45) is 0. The van der Waals surface area contributed by atoms with Gasteiger partial charge in [-0.3, -0.25) is 10.1 Å². The van der Waals surface area contributed by atoms with E-state index in [0.29, 0.717) is 28.8 Å². The van der Waals surface area contributed by atoms with Crippen LogP contribution in [-0.2, 0) is 19.1 Å². The fourth-order valence-corrected chi connectivity index (χ4v) is 4.42. The van der Waals surface area contributed by atoms with E-state index in [9.17, 15) is 19.7 Å². The number of rotatable bonds is 11. The van der Waals surface area contributed by atoms with Gasteiger partial charge in [-0.05, 0) is 19.4 Å². The van der Waals surface area contributed by atoms with Gasteiger partial charge in [0.05, 0.1) is 35.7 Å². The second-order valence-electron chi connectivity index (χ2n) is 7.71. The Bertz CT molecular complexity index is 957. The number of carbonyl (C=O) groups is 2. The number of carbonyl (C=O) groups excluding carboxylic acids is 2. The van der Waals surface area contributed by atoms with E-state index in [2.05, 4.69) is 24.5 Å². The van der Waals surface area contributed by atoms with Crippen LogP contribution < -0.4 is 10.6 Å². The van der Waals surface area contributed by atoms with E-state index in [-0.39, 0.29) is 23.4 Å². The van der Waals surface area contributed by atoms with Crippen molar-refractivity contribution >= 4 is 29.4 Å². The Morgan fingerprint density at radius 3 is 2.61 bits per heavy atom. The summed E-state index contributed by atoms with van der Waals surface area (Å²) < 4.78 is 10.3. The molecule has 2 rings (SSSR count). The van der Waals surface area contributed by atoms with Crippen LogP contribution in [0.1, 0.15) is 39.2 Å². The topological polar surface area (TPSA) is 120 Å². The summed E-state index contributed by atoms with van der Waals surface area (Å²) in [5, 5.41) is 17.9. The number of non-ortho nitro benzene ring substituents is 1. The highest BCUT2D eigenvalue weighted by Crippen LogP contribution is 2.40. The largest absolute Gasteiger partial charge is 0.466 e. The predicted octanol–water partition coefficient (Wildman–Crippen LogP) is 3.28. The first-order valence-electron chi connectivity index (χ1n) is 10.7. The van der Waals surface area contributed by atoms with Gasteiger partial charge in [-0.25, -0.2) is 9.59 Å². The number of ether oxygens (including phenoxy) is 2. The molecular weight excluding hydrogens is 446 g/mol. The van der Waals surface area contributed by atoms with Gasteiger partial charge in [-0.15, -0.1) is 0 Å². The zero-order valence-electron chi connectivity index (χ0n) is 19.6. The van der Waals surface area contributed by atoms with Crippen LogP contribution in [-0.4, -0.2) is 54.7 Å². The lowest BCUT2D eigenvalue weighted by molar-refractivity contribution is -0.384. The molecular formula is C23H31N3O6S. The molecule has 0 bridgehead atoms. The predicted molar refractivity (Wildman–Crippen MR) is 128 cm³/mol. The van der Waals surface area contributed by atoms with Crippen LogP contribution in [0.15, 0.2) is 46.8 Å². The van der Waals surface area contributed by atoms with Crippen LogP contribution in [0.3, 0.4) is 0 Å². The molecule has 0 aromatic heterocycles. The number of dihydropyridines is 1. The lowest BCUT2D eigenvalue weighted by Crippen LogP contribution is -2.34. The Hall–Kier alpha value is -2.85. The monoisotopic (exact) mass is 477 g/mol. The van der Waals surface area contributed by atoms with Gasteiger partial charge in [0.1, 0.15) is 0 Å². The highest BCUT2D eigenvalue weighted by molar-refractivity contribution is 7.99. The maximum Gasteiger partial charge on any atom is 0.336 e.